The third-order valence-corrected chi connectivity index (χ3v) is 4.44. The second-order valence-electron chi connectivity index (χ2n) is 6.80. The number of ether oxygens (including phenoxy) is 2. The number of hydrogen-bond acceptors (Lipinski definition) is 6. The van der Waals surface area contributed by atoms with E-state index in [1.807, 2.05) is 26.0 Å². The lowest BCUT2D eigenvalue weighted by Crippen LogP contribution is -2.44. The standard InChI is InChI=1S/C19H27N5O4S/c1-12(2)11-24-16(20)15(17(25)22-18(24)26)23(8-9-27-3)19(29)21-13-6-5-7-14(10-13)28-4/h5-7,10,12H,8-9,11,20H2,1-4H3,(H,21,29)(H,22,25,26). The molecule has 0 radical (unpaired) electrons. The van der Waals surface area contributed by atoms with Crippen LogP contribution in [0.4, 0.5) is 17.2 Å². The average molecular weight is 422 g/mol. The summed E-state index contributed by atoms with van der Waals surface area (Å²) in [5.41, 5.74) is 5.85. The summed E-state index contributed by atoms with van der Waals surface area (Å²) < 4.78 is 11.7. The van der Waals surface area contributed by atoms with Gasteiger partial charge in [0.05, 0.1) is 13.7 Å². The van der Waals surface area contributed by atoms with Gasteiger partial charge in [-0.3, -0.25) is 14.3 Å². The maximum Gasteiger partial charge on any atom is 0.330 e. The molecule has 0 unspecified atom stereocenters. The van der Waals surface area contributed by atoms with Crippen LogP contribution in [-0.2, 0) is 11.3 Å². The maximum atomic E-state index is 12.6. The molecule has 1 heterocycles. The van der Waals surface area contributed by atoms with Crippen LogP contribution in [0.3, 0.4) is 0 Å². The van der Waals surface area contributed by atoms with Crippen molar-refractivity contribution >= 4 is 34.5 Å². The minimum atomic E-state index is -0.613. The Balaban J connectivity index is 2.47. The Hall–Kier alpha value is -2.85. The first-order valence-electron chi connectivity index (χ1n) is 9.12. The second-order valence-corrected chi connectivity index (χ2v) is 7.19. The van der Waals surface area contributed by atoms with Gasteiger partial charge in [0.25, 0.3) is 5.56 Å². The number of nitrogen functional groups attached to an aromatic ring is 1. The highest BCUT2D eigenvalue weighted by Gasteiger charge is 2.22. The molecular weight excluding hydrogens is 394 g/mol. The first-order valence-corrected chi connectivity index (χ1v) is 9.53. The summed E-state index contributed by atoms with van der Waals surface area (Å²) in [6.07, 6.45) is 0. The van der Waals surface area contributed by atoms with Crippen molar-refractivity contribution in [1.82, 2.24) is 9.55 Å². The predicted molar refractivity (Wildman–Crippen MR) is 119 cm³/mol. The van der Waals surface area contributed by atoms with E-state index in [4.69, 9.17) is 27.4 Å². The zero-order chi connectivity index (χ0) is 21.6. The molecule has 4 N–H and O–H groups in total. The fraction of sp³-hybridized carbons (Fsp3) is 0.421. The number of aromatic amines is 1. The average Bonchev–Trinajstić information content (AvgIpc) is 2.67. The maximum absolute atomic E-state index is 12.6. The van der Waals surface area contributed by atoms with E-state index < -0.39 is 11.2 Å². The first-order chi connectivity index (χ1) is 13.8. The third kappa shape index (κ3) is 5.58. The number of methoxy groups -OCH3 is 2. The van der Waals surface area contributed by atoms with Gasteiger partial charge in [0.15, 0.2) is 10.8 Å². The van der Waals surface area contributed by atoms with Crippen molar-refractivity contribution in [3.8, 4) is 5.75 Å². The van der Waals surface area contributed by atoms with E-state index in [0.29, 0.717) is 24.6 Å². The lowest BCUT2D eigenvalue weighted by Gasteiger charge is -2.27. The normalized spacial score (nSPS) is 10.8. The number of nitrogens with two attached hydrogens (primary N) is 1. The van der Waals surface area contributed by atoms with Crippen LogP contribution in [0.15, 0.2) is 33.9 Å². The Bertz CT molecular complexity index is 970. The van der Waals surface area contributed by atoms with Gasteiger partial charge in [0.1, 0.15) is 11.6 Å². The summed E-state index contributed by atoms with van der Waals surface area (Å²) in [5, 5.41) is 3.32. The largest absolute Gasteiger partial charge is 0.497 e. The van der Waals surface area contributed by atoms with E-state index in [9.17, 15) is 9.59 Å². The Morgan fingerprint density at radius 1 is 1.34 bits per heavy atom. The molecule has 0 saturated heterocycles. The number of hydrogen-bond donors (Lipinski definition) is 3. The summed E-state index contributed by atoms with van der Waals surface area (Å²) in [6.45, 7) is 4.83. The Morgan fingerprint density at radius 2 is 2.07 bits per heavy atom. The van der Waals surface area contributed by atoms with Gasteiger partial charge >= 0.3 is 5.69 Å². The zero-order valence-corrected chi connectivity index (χ0v) is 17.8. The summed E-state index contributed by atoms with van der Waals surface area (Å²) in [6, 6.07) is 7.21. The van der Waals surface area contributed by atoms with Crippen LogP contribution in [0.1, 0.15) is 13.8 Å². The molecule has 9 nitrogen and oxygen atoms in total. The molecule has 158 valence electrons. The van der Waals surface area contributed by atoms with Gasteiger partial charge in [0, 0.05) is 32.0 Å². The van der Waals surface area contributed by atoms with Crippen LogP contribution in [0.5, 0.6) is 5.75 Å². The summed E-state index contributed by atoms with van der Waals surface area (Å²) in [4.78, 5) is 28.7. The van der Waals surface area contributed by atoms with Gasteiger partial charge in [-0.25, -0.2) is 4.79 Å². The van der Waals surface area contributed by atoms with Crippen LogP contribution in [-0.4, -0.2) is 42.0 Å². The van der Waals surface area contributed by atoms with E-state index in [-0.39, 0.29) is 29.1 Å². The van der Waals surface area contributed by atoms with Gasteiger partial charge < -0.3 is 25.4 Å². The molecule has 29 heavy (non-hydrogen) atoms. The molecule has 2 rings (SSSR count). The number of anilines is 3. The molecule has 0 aliphatic heterocycles. The molecule has 0 aliphatic carbocycles. The summed E-state index contributed by atoms with van der Waals surface area (Å²) >= 11 is 5.54. The van der Waals surface area contributed by atoms with Crippen molar-refractivity contribution in [2.45, 2.75) is 20.4 Å². The Labute approximate surface area is 174 Å². The van der Waals surface area contributed by atoms with Crippen LogP contribution in [0.25, 0.3) is 0 Å². The molecule has 2 aromatic rings. The molecule has 1 aromatic heterocycles. The molecule has 0 fully saturated rings. The smallest absolute Gasteiger partial charge is 0.330 e. The molecule has 0 spiro atoms. The van der Waals surface area contributed by atoms with Crippen molar-refractivity contribution in [3.05, 3.63) is 45.1 Å². The number of benzene rings is 1. The van der Waals surface area contributed by atoms with E-state index in [1.54, 1.807) is 26.4 Å². The summed E-state index contributed by atoms with van der Waals surface area (Å²) in [7, 11) is 3.12. The fourth-order valence-corrected chi connectivity index (χ4v) is 3.07. The van der Waals surface area contributed by atoms with Crippen molar-refractivity contribution in [2.24, 2.45) is 5.92 Å². The number of H-pyrrole nitrogens is 1. The monoisotopic (exact) mass is 421 g/mol. The molecule has 0 atom stereocenters. The number of aromatic nitrogens is 2. The quantitative estimate of drug-likeness (QED) is 0.551. The van der Waals surface area contributed by atoms with Crippen molar-refractivity contribution in [2.75, 3.05) is 43.3 Å². The minimum Gasteiger partial charge on any atom is -0.497 e. The highest BCUT2D eigenvalue weighted by Crippen LogP contribution is 2.21. The minimum absolute atomic E-state index is 0.0540. The van der Waals surface area contributed by atoms with Crippen molar-refractivity contribution in [1.29, 1.82) is 0 Å². The van der Waals surface area contributed by atoms with E-state index in [2.05, 4.69) is 10.3 Å². The molecule has 0 aliphatic rings. The SMILES string of the molecule is COCCN(C(=S)Nc1cccc(OC)c1)c1c(N)n(CC(C)C)c(=O)[nH]c1=O. The topological polar surface area (TPSA) is 115 Å². The molecule has 0 amide bonds. The van der Waals surface area contributed by atoms with E-state index in [0.717, 1.165) is 0 Å². The van der Waals surface area contributed by atoms with Gasteiger partial charge in [-0.2, -0.15) is 0 Å². The number of rotatable bonds is 8. The highest BCUT2D eigenvalue weighted by atomic mass is 32.1. The van der Waals surface area contributed by atoms with Crippen LogP contribution in [0, 0.1) is 5.92 Å². The Kier molecular flexibility index (Phi) is 7.80. The molecule has 1 aromatic carbocycles. The van der Waals surface area contributed by atoms with Crippen LogP contribution >= 0.6 is 12.2 Å². The third-order valence-electron chi connectivity index (χ3n) is 4.12. The second kappa shape index (κ2) is 10.1. The number of nitrogens with one attached hydrogen (secondary N) is 2. The number of thiocarbonyl (C=S) groups is 1. The first kappa shape index (κ1) is 22.4. The van der Waals surface area contributed by atoms with Gasteiger partial charge in [-0.05, 0) is 30.3 Å². The molecule has 10 heteroatoms. The van der Waals surface area contributed by atoms with Crippen LogP contribution in [0.2, 0.25) is 0 Å². The Morgan fingerprint density at radius 3 is 2.69 bits per heavy atom. The van der Waals surface area contributed by atoms with E-state index >= 15 is 0 Å². The van der Waals surface area contributed by atoms with Crippen molar-refractivity contribution in [3.63, 3.8) is 0 Å². The van der Waals surface area contributed by atoms with E-state index in [1.165, 1.54) is 9.47 Å². The fourth-order valence-electron chi connectivity index (χ4n) is 2.77. The zero-order valence-electron chi connectivity index (χ0n) is 17.0. The molecule has 0 bridgehead atoms. The number of nitrogens with zero attached hydrogens (tertiary/aromatic N) is 2. The lowest BCUT2D eigenvalue weighted by molar-refractivity contribution is 0.208. The van der Waals surface area contributed by atoms with Gasteiger partial charge in [-0.1, -0.05) is 19.9 Å². The van der Waals surface area contributed by atoms with Crippen LogP contribution < -0.4 is 31.9 Å². The van der Waals surface area contributed by atoms with Gasteiger partial charge in [0.2, 0.25) is 0 Å². The highest BCUT2D eigenvalue weighted by molar-refractivity contribution is 7.80. The van der Waals surface area contributed by atoms with Crippen molar-refractivity contribution < 1.29 is 9.47 Å². The molecular formula is C19H27N5O4S. The summed E-state index contributed by atoms with van der Waals surface area (Å²) in [5.74, 6) is 0.866. The predicted octanol–water partition coefficient (Wildman–Crippen LogP) is 1.63. The molecule has 0 saturated carbocycles. The van der Waals surface area contributed by atoms with Gasteiger partial charge in [-0.15, -0.1) is 0 Å². The lowest BCUT2D eigenvalue weighted by atomic mass is 10.2.